The summed E-state index contributed by atoms with van der Waals surface area (Å²) in [6.07, 6.45) is 7.48. The minimum absolute atomic E-state index is 0.820. The van der Waals surface area contributed by atoms with E-state index in [0.717, 1.165) is 44.5 Å². The minimum Gasteiger partial charge on any atom is -0.357 e. The highest BCUT2D eigenvalue weighted by Crippen LogP contribution is 2.15. The number of nitrogens with one attached hydrogen (secondary N) is 1. The first kappa shape index (κ1) is 14.9. The van der Waals surface area contributed by atoms with E-state index in [1.165, 1.54) is 18.4 Å². The molecule has 1 aromatic heterocycles. The van der Waals surface area contributed by atoms with Gasteiger partial charge in [0.25, 0.3) is 0 Å². The number of likely N-dealkylation sites (tertiary alicyclic amines) is 1. The number of nitrogens with zero attached hydrogens (tertiary/aromatic N) is 4. The zero-order valence-corrected chi connectivity index (χ0v) is 13.0. The van der Waals surface area contributed by atoms with Crippen molar-refractivity contribution in [3.63, 3.8) is 0 Å². The summed E-state index contributed by atoms with van der Waals surface area (Å²) < 4.78 is 1.84. The zero-order chi connectivity index (χ0) is 14.4. The van der Waals surface area contributed by atoms with Crippen LogP contribution in [0.15, 0.2) is 17.4 Å². The summed E-state index contributed by atoms with van der Waals surface area (Å²) in [6.45, 7) is 8.46. The summed E-state index contributed by atoms with van der Waals surface area (Å²) in [5.74, 6) is 1.92. The average molecular weight is 277 g/mol. The number of guanidine groups is 1. The highest BCUT2D eigenvalue weighted by Gasteiger charge is 2.18. The van der Waals surface area contributed by atoms with Crippen molar-refractivity contribution < 1.29 is 0 Å². The quantitative estimate of drug-likeness (QED) is 0.672. The van der Waals surface area contributed by atoms with Gasteiger partial charge in [-0.15, -0.1) is 0 Å². The van der Waals surface area contributed by atoms with E-state index < -0.39 is 0 Å². The third kappa shape index (κ3) is 4.25. The van der Waals surface area contributed by atoms with Crippen LogP contribution < -0.4 is 5.32 Å². The Morgan fingerprint density at radius 3 is 2.80 bits per heavy atom. The Balaban J connectivity index is 1.88. The van der Waals surface area contributed by atoms with Crippen LogP contribution in [0.3, 0.4) is 0 Å². The Morgan fingerprint density at radius 2 is 2.20 bits per heavy atom. The molecule has 0 atom stereocenters. The standard InChI is InChI=1S/C15H27N5/c1-4-16-15(20-9-6-13(2)7-10-20)17-8-5-14-11-18-19(3)12-14/h11-13H,4-10H2,1-3H3,(H,16,17). The second-order valence-electron chi connectivity index (χ2n) is 5.68. The van der Waals surface area contributed by atoms with Gasteiger partial charge in [-0.3, -0.25) is 9.67 Å². The fourth-order valence-corrected chi connectivity index (χ4v) is 2.54. The number of aliphatic imine (C=N–C) groups is 1. The molecule has 5 nitrogen and oxygen atoms in total. The summed E-state index contributed by atoms with van der Waals surface area (Å²) in [6, 6.07) is 0. The van der Waals surface area contributed by atoms with Gasteiger partial charge >= 0.3 is 0 Å². The molecule has 0 saturated carbocycles. The van der Waals surface area contributed by atoms with Gasteiger partial charge in [-0.1, -0.05) is 6.92 Å². The van der Waals surface area contributed by atoms with Crippen molar-refractivity contribution in [1.29, 1.82) is 0 Å². The molecule has 0 amide bonds. The molecule has 0 bridgehead atoms. The normalized spacial score (nSPS) is 17.6. The Bertz CT molecular complexity index is 429. The van der Waals surface area contributed by atoms with Gasteiger partial charge in [-0.2, -0.15) is 5.10 Å². The molecule has 1 N–H and O–H groups in total. The van der Waals surface area contributed by atoms with Gasteiger partial charge in [0.1, 0.15) is 0 Å². The second-order valence-corrected chi connectivity index (χ2v) is 5.68. The molecule has 0 spiro atoms. The maximum Gasteiger partial charge on any atom is 0.193 e. The lowest BCUT2D eigenvalue weighted by molar-refractivity contribution is 0.273. The van der Waals surface area contributed by atoms with Crippen LogP contribution >= 0.6 is 0 Å². The van der Waals surface area contributed by atoms with Crippen molar-refractivity contribution in [3.05, 3.63) is 18.0 Å². The summed E-state index contributed by atoms with van der Waals surface area (Å²) in [5, 5.41) is 7.60. The molecule has 0 radical (unpaired) electrons. The molecule has 1 saturated heterocycles. The number of hydrogen-bond acceptors (Lipinski definition) is 2. The van der Waals surface area contributed by atoms with E-state index in [2.05, 4.69) is 35.4 Å². The number of rotatable bonds is 4. The van der Waals surface area contributed by atoms with Crippen molar-refractivity contribution in [3.8, 4) is 0 Å². The molecule has 1 fully saturated rings. The monoisotopic (exact) mass is 277 g/mol. The molecular formula is C15H27N5. The van der Waals surface area contributed by atoms with Gasteiger partial charge in [0.15, 0.2) is 5.96 Å². The van der Waals surface area contributed by atoms with E-state index in [1.807, 2.05) is 17.9 Å². The van der Waals surface area contributed by atoms with Crippen molar-refractivity contribution >= 4 is 5.96 Å². The van der Waals surface area contributed by atoms with Gasteiger partial charge in [0.2, 0.25) is 0 Å². The summed E-state index contributed by atoms with van der Waals surface area (Å²) in [5.41, 5.74) is 1.25. The Kier molecular flexibility index (Phi) is 5.44. The lowest BCUT2D eigenvalue weighted by Crippen LogP contribution is -2.45. The zero-order valence-electron chi connectivity index (χ0n) is 13.0. The summed E-state index contributed by atoms with van der Waals surface area (Å²) in [4.78, 5) is 7.16. The molecule has 2 rings (SSSR count). The fourth-order valence-electron chi connectivity index (χ4n) is 2.54. The van der Waals surface area contributed by atoms with E-state index in [0.29, 0.717) is 0 Å². The first-order valence-corrected chi connectivity index (χ1v) is 7.69. The molecule has 0 aromatic carbocycles. The van der Waals surface area contributed by atoms with E-state index in [-0.39, 0.29) is 0 Å². The van der Waals surface area contributed by atoms with Gasteiger partial charge in [-0.05, 0) is 37.7 Å². The van der Waals surface area contributed by atoms with Crippen molar-refractivity contribution in [1.82, 2.24) is 20.0 Å². The maximum absolute atomic E-state index is 4.76. The van der Waals surface area contributed by atoms with Crippen LogP contribution in [0.5, 0.6) is 0 Å². The number of piperidine rings is 1. The number of hydrogen-bond donors (Lipinski definition) is 1. The van der Waals surface area contributed by atoms with Crippen molar-refractivity contribution in [2.45, 2.75) is 33.1 Å². The molecule has 1 aromatic rings. The van der Waals surface area contributed by atoms with Crippen LogP contribution in [-0.2, 0) is 13.5 Å². The fraction of sp³-hybridized carbons (Fsp3) is 0.733. The predicted octanol–water partition coefficient (Wildman–Crippen LogP) is 1.66. The van der Waals surface area contributed by atoms with E-state index in [4.69, 9.17) is 4.99 Å². The van der Waals surface area contributed by atoms with Crippen LogP contribution in [0.4, 0.5) is 0 Å². The second kappa shape index (κ2) is 7.31. The van der Waals surface area contributed by atoms with Crippen LogP contribution in [0.2, 0.25) is 0 Å². The van der Waals surface area contributed by atoms with Crippen LogP contribution in [0.25, 0.3) is 0 Å². The smallest absolute Gasteiger partial charge is 0.193 e. The first-order valence-electron chi connectivity index (χ1n) is 7.69. The third-order valence-electron chi connectivity index (χ3n) is 3.84. The Labute approximate surface area is 122 Å². The molecule has 1 aliphatic heterocycles. The van der Waals surface area contributed by atoms with Gasteiger partial charge in [0, 0.05) is 39.4 Å². The molecule has 0 aliphatic carbocycles. The summed E-state index contributed by atoms with van der Waals surface area (Å²) >= 11 is 0. The lowest BCUT2D eigenvalue weighted by atomic mass is 10.00. The van der Waals surface area contributed by atoms with Gasteiger partial charge < -0.3 is 10.2 Å². The number of aryl methyl sites for hydroxylation is 1. The third-order valence-corrected chi connectivity index (χ3v) is 3.84. The molecule has 0 unspecified atom stereocenters. The Hall–Kier alpha value is -1.52. The molecule has 2 heterocycles. The molecule has 112 valence electrons. The highest BCUT2D eigenvalue weighted by molar-refractivity contribution is 5.80. The molecular weight excluding hydrogens is 250 g/mol. The highest BCUT2D eigenvalue weighted by atomic mass is 15.3. The molecule has 1 aliphatic rings. The molecule has 5 heteroatoms. The van der Waals surface area contributed by atoms with Crippen LogP contribution in [-0.4, -0.2) is 46.8 Å². The van der Waals surface area contributed by atoms with E-state index >= 15 is 0 Å². The first-order chi connectivity index (χ1) is 9.69. The minimum atomic E-state index is 0.820. The van der Waals surface area contributed by atoms with E-state index in [9.17, 15) is 0 Å². The Morgan fingerprint density at radius 1 is 1.45 bits per heavy atom. The maximum atomic E-state index is 4.76. The SMILES string of the molecule is CCNC(=NCCc1cnn(C)c1)N1CCC(C)CC1. The van der Waals surface area contributed by atoms with E-state index in [1.54, 1.807) is 0 Å². The van der Waals surface area contributed by atoms with Crippen LogP contribution in [0.1, 0.15) is 32.3 Å². The predicted molar refractivity (Wildman–Crippen MR) is 82.9 cm³/mol. The summed E-state index contributed by atoms with van der Waals surface area (Å²) in [7, 11) is 1.95. The lowest BCUT2D eigenvalue weighted by Gasteiger charge is -2.33. The topological polar surface area (TPSA) is 45.5 Å². The van der Waals surface area contributed by atoms with Gasteiger partial charge in [-0.25, -0.2) is 0 Å². The molecule has 20 heavy (non-hydrogen) atoms. The number of aromatic nitrogens is 2. The van der Waals surface area contributed by atoms with Crippen LogP contribution in [0, 0.1) is 5.92 Å². The largest absolute Gasteiger partial charge is 0.357 e. The average Bonchev–Trinajstić information content (AvgIpc) is 2.84. The van der Waals surface area contributed by atoms with Gasteiger partial charge in [0.05, 0.1) is 6.20 Å². The van der Waals surface area contributed by atoms with Crippen molar-refractivity contribution in [2.75, 3.05) is 26.2 Å². The van der Waals surface area contributed by atoms with Crippen molar-refractivity contribution in [2.24, 2.45) is 18.0 Å².